The topological polar surface area (TPSA) is 110 Å². The monoisotopic (exact) mass is 698 g/mol. The summed E-state index contributed by atoms with van der Waals surface area (Å²) in [7, 11) is 0. The number of fused-ring (bicyclic) bond motifs is 1. The number of likely N-dealkylation sites (tertiary alicyclic amines) is 1. The maximum absolute atomic E-state index is 15.2. The van der Waals surface area contributed by atoms with Gasteiger partial charge in [-0.05, 0) is 23.4 Å². The van der Waals surface area contributed by atoms with Crippen molar-refractivity contribution in [3.05, 3.63) is 46.6 Å². The Labute approximate surface area is 279 Å². The van der Waals surface area contributed by atoms with Crippen LogP contribution in [0.3, 0.4) is 0 Å². The Kier molecular flexibility index (Phi) is 12.2. The maximum Gasteiger partial charge on any atom is 0.393 e. The SMILES string of the molecule is OCCOc1cc(N2CCOCC2)c(F)cc1NCC#Cc1sc2c(NC3CCN(CC(O)CO)CC3F)cccc2c1CC(F)(F)F. The Hall–Kier alpha value is -3.39. The molecule has 2 aliphatic heterocycles. The third-order valence-corrected chi connectivity index (χ3v) is 9.36. The van der Waals surface area contributed by atoms with Gasteiger partial charge in [-0.1, -0.05) is 24.0 Å². The van der Waals surface area contributed by atoms with Crippen LogP contribution in [0.2, 0.25) is 0 Å². The molecule has 0 bridgehead atoms. The second kappa shape index (κ2) is 16.3. The molecule has 0 saturated carbocycles. The molecule has 15 heteroatoms. The van der Waals surface area contributed by atoms with Crippen LogP contribution in [0, 0.1) is 17.7 Å². The lowest BCUT2D eigenvalue weighted by atomic mass is 10.0. The standard InChI is InChI=1S/C33H39F5N4O5S/c34-24-15-28(30(47-14-11-43)16-29(24)42-9-12-46-13-10-42)39-7-2-5-31-23(17-33(36,37)38)22-3-1-4-27(32(22)48-31)40-26-6-8-41(19-25(26)35)18-21(45)20-44/h1,3-4,15-16,21,25-26,39-40,43-45H,6-14,17-20H2. The number of aliphatic hydroxyl groups excluding tert-OH is 3. The smallest absolute Gasteiger partial charge is 0.393 e. The van der Waals surface area contributed by atoms with Crippen molar-refractivity contribution in [2.24, 2.45) is 0 Å². The molecular formula is C33H39F5N4O5S. The summed E-state index contributed by atoms with van der Waals surface area (Å²) in [4.78, 5) is 3.78. The quantitative estimate of drug-likeness (QED) is 0.142. The number of β-amino-alcohol motifs (C(OH)–C–C–N with tert-alkyl or cyclic N) is 1. The highest BCUT2D eigenvalue weighted by molar-refractivity contribution is 7.20. The van der Waals surface area contributed by atoms with Gasteiger partial charge in [0.05, 0.1) is 78.2 Å². The van der Waals surface area contributed by atoms with Gasteiger partial charge in [-0.3, -0.25) is 4.90 Å². The van der Waals surface area contributed by atoms with E-state index in [9.17, 15) is 23.4 Å². The Morgan fingerprint density at radius 2 is 1.92 bits per heavy atom. The van der Waals surface area contributed by atoms with Crippen molar-refractivity contribution < 1.29 is 46.7 Å². The highest BCUT2D eigenvalue weighted by Crippen LogP contribution is 2.40. The summed E-state index contributed by atoms with van der Waals surface area (Å²) in [5.41, 5.74) is 1.14. The first-order chi connectivity index (χ1) is 23.1. The van der Waals surface area contributed by atoms with Gasteiger partial charge >= 0.3 is 6.18 Å². The molecule has 5 rings (SSSR count). The number of benzene rings is 2. The summed E-state index contributed by atoms with van der Waals surface area (Å²) < 4.78 is 83.0. The van der Waals surface area contributed by atoms with Gasteiger partial charge in [0.1, 0.15) is 24.3 Å². The molecule has 48 heavy (non-hydrogen) atoms. The van der Waals surface area contributed by atoms with Crippen molar-refractivity contribution in [3.8, 4) is 17.6 Å². The number of alkyl halides is 4. The van der Waals surface area contributed by atoms with E-state index in [1.807, 2.05) is 4.90 Å². The third kappa shape index (κ3) is 9.19. The Morgan fingerprint density at radius 1 is 1.12 bits per heavy atom. The first kappa shape index (κ1) is 35.9. The molecule has 0 aliphatic carbocycles. The van der Waals surface area contributed by atoms with Crippen LogP contribution in [0.4, 0.5) is 39.0 Å². The number of ether oxygens (including phenoxy) is 2. The number of nitrogens with one attached hydrogen (secondary N) is 2. The lowest BCUT2D eigenvalue weighted by Gasteiger charge is -2.36. The molecule has 2 fully saturated rings. The summed E-state index contributed by atoms with van der Waals surface area (Å²) >= 11 is 1.09. The molecule has 3 atom stereocenters. The fraction of sp³-hybridized carbons (Fsp3) is 0.515. The van der Waals surface area contributed by atoms with E-state index < -0.39 is 43.3 Å². The third-order valence-electron chi connectivity index (χ3n) is 8.16. The van der Waals surface area contributed by atoms with Crippen molar-refractivity contribution in [2.45, 2.75) is 37.3 Å². The first-order valence-corrected chi connectivity index (χ1v) is 16.5. The first-order valence-electron chi connectivity index (χ1n) is 15.7. The molecule has 9 nitrogen and oxygen atoms in total. The van der Waals surface area contributed by atoms with Crippen LogP contribution in [-0.4, -0.2) is 117 Å². The number of morpholine rings is 1. The number of hydrogen-bond acceptors (Lipinski definition) is 10. The lowest BCUT2D eigenvalue weighted by Crippen LogP contribution is -2.50. The number of nitrogens with zero attached hydrogens (tertiary/aromatic N) is 2. The number of aliphatic hydroxyl groups is 3. The summed E-state index contributed by atoms with van der Waals surface area (Å²) in [6.45, 7) is 1.86. The Morgan fingerprint density at radius 3 is 2.62 bits per heavy atom. The molecule has 0 radical (unpaired) electrons. The number of halogens is 5. The fourth-order valence-electron chi connectivity index (χ4n) is 5.88. The predicted octanol–water partition coefficient (Wildman–Crippen LogP) is 3.99. The van der Waals surface area contributed by atoms with Crippen LogP contribution in [0.15, 0.2) is 30.3 Å². The summed E-state index contributed by atoms with van der Waals surface area (Å²) in [6.07, 6.45) is -7.57. The van der Waals surface area contributed by atoms with Gasteiger partial charge in [-0.2, -0.15) is 13.2 Å². The van der Waals surface area contributed by atoms with Gasteiger partial charge in [-0.25, -0.2) is 8.78 Å². The van der Waals surface area contributed by atoms with Crippen LogP contribution < -0.4 is 20.3 Å². The normalized spacial score (nSPS) is 19.5. The number of rotatable bonds is 12. The molecule has 1 aromatic heterocycles. The van der Waals surface area contributed by atoms with E-state index in [4.69, 9.17) is 14.6 Å². The average molecular weight is 699 g/mol. The van der Waals surface area contributed by atoms with E-state index in [0.29, 0.717) is 66.5 Å². The van der Waals surface area contributed by atoms with Crippen LogP contribution >= 0.6 is 11.3 Å². The zero-order valence-corrected chi connectivity index (χ0v) is 27.0. The molecule has 262 valence electrons. The Bertz CT molecular complexity index is 1590. The van der Waals surface area contributed by atoms with E-state index in [1.165, 1.54) is 12.1 Å². The van der Waals surface area contributed by atoms with Crippen LogP contribution in [0.1, 0.15) is 16.9 Å². The van der Waals surface area contributed by atoms with Gasteiger partial charge in [0, 0.05) is 44.9 Å². The average Bonchev–Trinajstić information content (AvgIpc) is 3.40. The van der Waals surface area contributed by atoms with Gasteiger partial charge in [0.2, 0.25) is 0 Å². The largest absolute Gasteiger partial charge is 0.489 e. The molecule has 2 aliphatic rings. The minimum atomic E-state index is -4.50. The molecular weight excluding hydrogens is 659 g/mol. The highest BCUT2D eigenvalue weighted by atomic mass is 32.1. The summed E-state index contributed by atoms with van der Waals surface area (Å²) in [6, 6.07) is 7.13. The van der Waals surface area contributed by atoms with Crippen molar-refractivity contribution in [2.75, 3.05) is 87.8 Å². The second-order valence-electron chi connectivity index (χ2n) is 11.7. The van der Waals surface area contributed by atoms with E-state index in [-0.39, 0.29) is 49.0 Å². The predicted molar refractivity (Wildman–Crippen MR) is 175 cm³/mol. The van der Waals surface area contributed by atoms with Crippen LogP contribution in [0.25, 0.3) is 10.1 Å². The second-order valence-corrected chi connectivity index (χ2v) is 12.7. The van der Waals surface area contributed by atoms with Gasteiger partial charge in [-0.15, -0.1) is 11.3 Å². The zero-order chi connectivity index (χ0) is 34.3. The van der Waals surface area contributed by atoms with Crippen molar-refractivity contribution in [1.29, 1.82) is 0 Å². The minimum absolute atomic E-state index is 0.0242. The zero-order valence-electron chi connectivity index (χ0n) is 26.2. The lowest BCUT2D eigenvalue weighted by molar-refractivity contribution is -0.126. The molecule has 0 amide bonds. The summed E-state index contributed by atoms with van der Waals surface area (Å²) in [5, 5.41) is 34.6. The number of anilines is 3. The van der Waals surface area contributed by atoms with Gasteiger partial charge in [0.25, 0.3) is 0 Å². The van der Waals surface area contributed by atoms with Gasteiger partial charge in [0.15, 0.2) is 0 Å². The van der Waals surface area contributed by atoms with Crippen LogP contribution in [0.5, 0.6) is 5.75 Å². The molecule has 0 spiro atoms. The van der Waals surface area contributed by atoms with Crippen molar-refractivity contribution in [1.82, 2.24) is 4.90 Å². The van der Waals surface area contributed by atoms with E-state index >= 15 is 8.78 Å². The number of thiophene rings is 1. The van der Waals surface area contributed by atoms with E-state index in [2.05, 4.69) is 22.5 Å². The van der Waals surface area contributed by atoms with E-state index in [1.54, 1.807) is 23.1 Å². The van der Waals surface area contributed by atoms with Gasteiger partial charge < -0.3 is 40.3 Å². The fourth-order valence-corrected chi connectivity index (χ4v) is 7.05. The molecule has 3 heterocycles. The minimum Gasteiger partial charge on any atom is -0.489 e. The summed E-state index contributed by atoms with van der Waals surface area (Å²) in [5.74, 6) is 5.52. The molecule has 2 aromatic carbocycles. The Balaban J connectivity index is 1.35. The van der Waals surface area contributed by atoms with Crippen LogP contribution in [-0.2, 0) is 11.2 Å². The maximum atomic E-state index is 15.2. The number of piperidine rings is 1. The molecule has 2 saturated heterocycles. The highest BCUT2D eigenvalue weighted by Gasteiger charge is 2.33. The van der Waals surface area contributed by atoms with Crippen molar-refractivity contribution in [3.63, 3.8) is 0 Å². The number of hydrogen-bond donors (Lipinski definition) is 5. The molecule has 5 N–H and O–H groups in total. The molecule has 3 unspecified atom stereocenters. The molecule has 3 aromatic rings. The van der Waals surface area contributed by atoms with E-state index in [0.717, 1.165) is 11.3 Å². The van der Waals surface area contributed by atoms with Crippen molar-refractivity contribution >= 4 is 38.5 Å².